The van der Waals surface area contributed by atoms with E-state index in [-0.39, 0.29) is 5.56 Å². The van der Waals surface area contributed by atoms with Crippen LogP contribution in [0.2, 0.25) is 0 Å². The summed E-state index contributed by atoms with van der Waals surface area (Å²) < 4.78 is 0. The molecular weight excluding hydrogens is 190 g/mol. The fourth-order valence-corrected chi connectivity index (χ4v) is 1.73. The van der Waals surface area contributed by atoms with Crippen LogP contribution in [-0.4, -0.2) is 16.0 Å². The molecule has 1 aliphatic carbocycles. The quantitative estimate of drug-likeness (QED) is 0.773. The Morgan fingerprint density at radius 1 is 1.67 bits per heavy atom. The molecular formula is C11H17N3O. The van der Waals surface area contributed by atoms with E-state index >= 15 is 0 Å². The second kappa shape index (κ2) is 4.47. The smallest absolute Gasteiger partial charge is 0.290 e. The molecule has 4 nitrogen and oxygen atoms in total. The van der Waals surface area contributed by atoms with Crippen molar-refractivity contribution in [3.05, 3.63) is 22.7 Å². The van der Waals surface area contributed by atoms with Gasteiger partial charge < -0.3 is 10.3 Å². The van der Waals surface area contributed by atoms with Gasteiger partial charge in [-0.25, -0.2) is 4.98 Å². The highest BCUT2D eigenvalue weighted by Crippen LogP contribution is 2.34. The third kappa shape index (κ3) is 2.81. The van der Waals surface area contributed by atoms with E-state index < -0.39 is 0 Å². The van der Waals surface area contributed by atoms with Crippen LogP contribution in [0.25, 0.3) is 0 Å². The number of nitrogens with one attached hydrogen (secondary N) is 2. The molecule has 0 amide bonds. The van der Waals surface area contributed by atoms with Crippen LogP contribution < -0.4 is 10.9 Å². The van der Waals surface area contributed by atoms with Crippen LogP contribution in [0, 0.1) is 5.92 Å². The number of nitrogens with zero attached hydrogens (tertiary/aromatic N) is 1. The lowest BCUT2D eigenvalue weighted by molar-refractivity contribution is 0.584. The number of rotatable bonds is 5. The summed E-state index contributed by atoms with van der Waals surface area (Å²) in [5.41, 5.74) is -0.133. The lowest BCUT2D eigenvalue weighted by Crippen LogP contribution is -2.25. The van der Waals surface area contributed by atoms with Gasteiger partial charge in [0, 0.05) is 18.4 Å². The van der Waals surface area contributed by atoms with E-state index in [1.807, 2.05) is 0 Å². The van der Waals surface area contributed by atoms with Crippen molar-refractivity contribution in [1.82, 2.24) is 9.97 Å². The Bertz CT molecular complexity index is 370. The highest BCUT2D eigenvalue weighted by Gasteiger charge is 2.25. The number of hydrogen-bond acceptors (Lipinski definition) is 3. The van der Waals surface area contributed by atoms with E-state index in [2.05, 4.69) is 22.2 Å². The van der Waals surface area contributed by atoms with Crippen molar-refractivity contribution in [3.8, 4) is 0 Å². The summed E-state index contributed by atoms with van der Waals surface area (Å²) in [4.78, 5) is 18.0. The Kier molecular flexibility index (Phi) is 3.04. The Hall–Kier alpha value is -1.32. The molecule has 2 rings (SSSR count). The van der Waals surface area contributed by atoms with E-state index in [1.165, 1.54) is 12.8 Å². The molecule has 82 valence electrons. The molecule has 1 heterocycles. The largest absolute Gasteiger partial charge is 0.363 e. The first kappa shape index (κ1) is 10.2. The van der Waals surface area contributed by atoms with Gasteiger partial charge in [-0.15, -0.1) is 0 Å². The molecule has 0 saturated heterocycles. The Labute approximate surface area is 89.1 Å². The summed E-state index contributed by atoms with van der Waals surface area (Å²) in [5, 5.41) is 3.21. The third-order valence-electron chi connectivity index (χ3n) is 2.86. The monoisotopic (exact) mass is 207 g/mol. The molecule has 1 aromatic rings. The van der Waals surface area contributed by atoms with Gasteiger partial charge in [0.05, 0.1) is 0 Å². The minimum Gasteiger partial charge on any atom is -0.363 e. The minimum atomic E-state index is -0.133. The normalized spacial score (nSPS) is 17.4. The standard InChI is InChI=1S/C11H17N3O/c1-2-9(7-8-3-4-8)14-10-11(15)13-6-5-12-10/h5-6,8-9H,2-4,7H2,1H3,(H,12,14)(H,13,15). The van der Waals surface area contributed by atoms with Crippen molar-refractivity contribution >= 4 is 5.82 Å². The van der Waals surface area contributed by atoms with Gasteiger partial charge in [-0.05, 0) is 18.8 Å². The first-order valence-electron chi connectivity index (χ1n) is 5.59. The third-order valence-corrected chi connectivity index (χ3v) is 2.86. The minimum absolute atomic E-state index is 0.133. The van der Waals surface area contributed by atoms with E-state index in [0.717, 1.165) is 18.8 Å². The van der Waals surface area contributed by atoms with Crippen molar-refractivity contribution < 1.29 is 0 Å². The molecule has 0 spiro atoms. The molecule has 1 atom stereocenters. The van der Waals surface area contributed by atoms with Crippen LogP contribution in [0.3, 0.4) is 0 Å². The fraction of sp³-hybridized carbons (Fsp3) is 0.636. The number of anilines is 1. The maximum atomic E-state index is 11.4. The number of H-pyrrole nitrogens is 1. The summed E-state index contributed by atoms with van der Waals surface area (Å²) in [6, 6.07) is 0.383. The van der Waals surface area contributed by atoms with Gasteiger partial charge in [0.15, 0.2) is 5.82 Å². The van der Waals surface area contributed by atoms with Gasteiger partial charge in [-0.2, -0.15) is 0 Å². The molecule has 15 heavy (non-hydrogen) atoms. The molecule has 2 N–H and O–H groups in total. The molecule has 1 saturated carbocycles. The van der Waals surface area contributed by atoms with Crippen molar-refractivity contribution in [2.24, 2.45) is 5.92 Å². The molecule has 4 heteroatoms. The topological polar surface area (TPSA) is 57.8 Å². The zero-order valence-electron chi connectivity index (χ0n) is 8.99. The molecule has 0 bridgehead atoms. The molecule has 0 radical (unpaired) electrons. The Balaban J connectivity index is 1.98. The molecule has 1 unspecified atom stereocenters. The van der Waals surface area contributed by atoms with E-state index in [1.54, 1.807) is 12.4 Å². The lowest BCUT2D eigenvalue weighted by Gasteiger charge is -2.16. The second-order valence-electron chi connectivity index (χ2n) is 4.20. The number of aromatic amines is 1. The maximum absolute atomic E-state index is 11.4. The SMILES string of the molecule is CCC(CC1CC1)Nc1ncc[nH]c1=O. The Morgan fingerprint density at radius 3 is 3.07 bits per heavy atom. The second-order valence-corrected chi connectivity index (χ2v) is 4.20. The van der Waals surface area contributed by atoms with Crippen LogP contribution >= 0.6 is 0 Å². The predicted octanol–water partition coefficient (Wildman–Crippen LogP) is 1.76. The van der Waals surface area contributed by atoms with Crippen LogP contribution in [-0.2, 0) is 0 Å². The Morgan fingerprint density at radius 2 is 2.47 bits per heavy atom. The van der Waals surface area contributed by atoms with Crippen LogP contribution in [0.5, 0.6) is 0 Å². The van der Waals surface area contributed by atoms with Gasteiger partial charge in [0.2, 0.25) is 0 Å². The zero-order valence-corrected chi connectivity index (χ0v) is 8.99. The van der Waals surface area contributed by atoms with Crippen LogP contribution in [0.4, 0.5) is 5.82 Å². The fourth-order valence-electron chi connectivity index (χ4n) is 1.73. The lowest BCUT2D eigenvalue weighted by atomic mass is 10.1. The van der Waals surface area contributed by atoms with Crippen molar-refractivity contribution in [1.29, 1.82) is 0 Å². The van der Waals surface area contributed by atoms with Gasteiger partial charge in [-0.1, -0.05) is 19.8 Å². The zero-order chi connectivity index (χ0) is 10.7. The summed E-state index contributed by atoms with van der Waals surface area (Å²) in [5.74, 6) is 1.32. The molecule has 1 aliphatic rings. The van der Waals surface area contributed by atoms with Gasteiger partial charge in [0.1, 0.15) is 0 Å². The average molecular weight is 207 g/mol. The van der Waals surface area contributed by atoms with E-state index in [9.17, 15) is 4.79 Å². The predicted molar refractivity (Wildman–Crippen MR) is 59.9 cm³/mol. The van der Waals surface area contributed by atoms with Gasteiger partial charge in [-0.3, -0.25) is 4.79 Å². The van der Waals surface area contributed by atoms with Crippen molar-refractivity contribution in [2.75, 3.05) is 5.32 Å². The molecule has 1 aromatic heterocycles. The molecule has 0 aliphatic heterocycles. The average Bonchev–Trinajstić information content (AvgIpc) is 3.04. The van der Waals surface area contributed by atoms with E-state index in [0.29, 0.717) is 11.9 Å². The van der Waals surface area contributed by atoms with Gasteiger partial charge >= 0.3 is 0 Å². The van der Waals surface area contributed by atoms with Crippen molar-refractivity contribution in [2.45, 2.75) is 38.6 Å². The van der Waals surface area contributed by atoms with Crippen LogP contribution in [0.15, 0.2) is 17.2 Å². The number of hydrogen-bond donors (Lipinski definition) is 2. The van der Waals surface area contributed by atoms with E-state index in [4.69, 9.17) is 0 Å². The summed E-state index contributed by atoms with van der Waals surface area (Å²) in [6.07, 6.45) is 8.04. The van der Waals surface area contributed by atoms with Gasteiger partial charge in [0.25, 0.3) is 5.56 Å². The highest BCUT2D eigenvalue weighted by atomic mass is 16.1. The van der Waals surface area contributed by atoms with Crippen molar-refractivity contribution in [3.63, 3.8) is 0 Å². The molecule has 1 fully saturated rings. The first-order valence-corrected chi connectivity index (χ1v) is 5.59. The highest BCUT2D eigenvalue weighted by molar-refractivity contribution is 5.31. The molecule has 0 aromatic carbocycles. The summed E-state index contributed by atoms with van der Waals surface area (Å²) in [7, 11) is 0. The summed E-state index contributed by atoms with van der Waals surface area (Å²) in [6.45, 7) is 2.14. The first-order chi connectivity index (χ1) is 7.29. The van der Waals surface area contributed by atoms with Crippen LogP contribution in [0.1, 0.15) is 32.6 Å². The summed E-state index contributed by atoms with van der Waals surface area (Å²) >= 11 is 0. The maximum Gasteiger partial charge on any atom is 0.290 e. The number of aromatic nitrogens is 2.